The standard InChI is InChI=1S/C15H17NS/c1-11(2)12-7-9-13(10-8-12)17-15-6-4-3-5-14(15)16/h3-11H,16H2,1-2H3. The molecular weight excluding hydrogens is 226 g/mol. The number of anilines is 1. The van der Waals surface area contributed by atoms with Gasteiger partial charge in [0.15, 0.2) is 0 Å². The lowest BCUT2D eigenvalue weighted by Gasteiger charge is -2.08. The SMILES string of the molecule is CC(C)c1ccc(Sc2ccccc2N)cc1. The average Bonchev–Trinajstić information content (AvgIpc) is 2.33. The van der Waals surface area contributed by atoms with Crippen LogP contribution in [0.15, 0.2) is 58.3 Å². The van der Waals surface area contributed by atoms with E-state index in [0.29, 0.717) is 5.92 Å². The van der Waals surface area contributed by atoms with Crippen LogP contribution in [0.25, 0.3) is 0 Å². The molecule has 0 saturated heterocycles. The molecule has 2 N–H and O–H groups in total. The summed E-state index contributed by atoms with van der Waals surface area (Å²) in [7, 11) is 0. The maximum Gasteiger partial charge on any atom is 0.0455 e. The first-order chi connectivity index (χ1) is 8.16. The number of para-hydroxylation sites is 1. The van der Waals surface area contributed by atoms with Crippen molar-refractivity contribution < 1.29 is 0 Å². The van der Waals surface area contributed by atoms with Crippen LogP contribution in [-0.2, 0) is 0 Å². The Labute approximate surface area is 107 Å². The highest BCUT2D eigenvalue weighted by Crippen LogP contribution is 2.32. The van der Waals surface area contributed by atoms with Crippen LogP contribution in [0.4, 0.5) is 5.69 Å². The van der Waals surface area contributed by atoms with Gasteiger partial charge < -0.3 is 5.73 Å². The second kappa shape index (κ2) is 5.28. The fourth-order valence-corrected chi connectivity index (χ4v) is 2.48. The third-order valence-corrected chi connectivity index (χ3v) is 3.79. The minimum Gasteiger partial charge on any atom is -0.398 e. The molecule has 0 spiro atoms. The van der Waals surface area contributed by atoms with Crippen LogP contribution in [0, 0.1) is 0 Å². The molecular formula is C15H17NS. The van der Waals surface area contributed by atoms with Crippen molar-refractivity contribution in [3.63, 3.8) is 0 Å². The first kappa shape index (κ1) is 12.1. The van der Waals surface area contributed by atoms with Crippen molar-refractivity contribution >= 4 is 17.4 Å². The lowest BCUT2D eigenvalue weighted by molar-refractivity contribution is 0.865. The first-order valence-corrected chi connectivity index (χ1v) is 6.61. The Balaban J connectivity index is 2.17. The second-order valence-corrected chi connectivity index (χ2v) is 5.48. The summed E-state index contributed by atoms with van der Waals surface area (Å²) in [6, 6.07) is 16.7. The van der Waals surface area contributed by atoms with Gasteiger partial charge in [-0.3, -0.25) is 0 Å². The highest BCUT2D eigenvalue weighted by Gasteiger charge is 2.02. The maximum absolute atomic E-state index is 5.93. The van der Waals surface area contributed by atoms with Crippen molar-refractivity contribution in [1.29, 1.82) is 0 Å². The number of hydrogen-bond donors (Lipinski definition) is 1. The van der Waals surface area contributed by atoms with Gasteiger partial charge in [-0.2, -0.15) is 0 Å². The summed E-state index contributed by atoms with van der Waals surface area (Å²) in [6.45, 7) is 4.41. The number of nitrogens with two attached hydrogens (primary N) is 1. The smallest absolute Gasteiger partial charge is 0.0455 e. The Kier molecular flexibility index (Phi) is 3.75. The minimum atomic E-state index is 0.579. The molecule has 0 atom stereocenters. The number of hydrogen-bond acceptors (Lipinski definition) is 2. The van der Waals surface area contributed by atoms with E-state index in [-0.39, 0.29) is 0 Å². The van der Waals surface area contributed by atoms with Gasteiger partial charge in [-0.25, -0.2) is 0 Å². The zero-order valence-electron chi connectivity index (χ0n) is 10.2. The highest BCUT2D eigenvalue weighted by atomic mass is 32.2. The summed E-state index contributed by atoms with van der Waals surface area (Å²) in [5, 5.41) is 0. The van der Waals surface area contributed by atoms with Crippen molar-refractivity contribution in [3.8, 4) is 0 Å². The fourth-order valence-electron chi connectivity index (χ4n) is 1.62. The number of rotatable bonds is 3. The second-order valence-electron chi connectivity index (χ2n) is 4.36. The van der Waals surface area contributed by atoms with Crippen molar-refractivity contribution in [2.75, 3.05) is 5.73 Å². The highest BCUT2D eigenvalue weighted by molar-refractivity contribution is 7.99. The van der Waals surface area contributed by atoms with Crippen LogP contribution in [0.1, 0.15) is 25.3 Å². The maximum atomic E-state index is 5.93. The molecule has 0 radical (unpaired) electrons. The van der Waals surface area contributed by atoms with E-state index >= 15 is 0 Å². The molecule has 2 aromatic carbocycles. The van der Waals surface area contributed by atoms with Gasteiger partial charge in [-0.05, 0) is 35.7 Å². The Bertz CT molecular complexity index is 489. The van der Waals surface area contributed by atoms with Crippen LogP contribution in [0.5, 0.6) is 0 Å². The summed E-state index contributed by atoms with van der Waals surface area (Å²) in [4.78, 5) is 2.34. The van der Waals surface area contributed by atoms with Gasteiger partial charge in [0.1, 0.15) is 0 Å². The van der Waals surface area contributed by atoms with Crippen molar-refractivity contribution in [2.45, 2.75) is 29.6 Å². The summed E-state index contributed by atoms with van der Waals surface area (Å²) < 4.78 is 0. The van der Waals surface area contributed by atoms with E-state index in [1.165, 1.54) is 10.5 Å². The largest absolute Gasteiger partial charge is 0.398 e. The molecule has 0 unspecified atom stereocenters. The topological polar surface area (TPSA) is 26.0 Å². The van der Waals surface area contributed by atoms with Crippen molar-refractivity contribution in [2.24, 2.45) is 0 Å². The molecule has 0 saturated carbocycles. The molecule has 2 rings (SSSR count). The molecule has 0 aliphatic rings. The van der Waals surface area contributed by atoms with Crippen molar-refractivity contribution in [1.82, 2.24) is 0 Å². The first-order valence-electron chi connectivity index (χ1n) is 5.79. The molecule has 2 heteroatoms. The van der Waals surface area contributed by atoms with Crippen LogP contribution >= 0.6 is 11.8 Å². The summed E-state index contributed by atoms with van der Waals surface area (Å²) in [6.07, 6.45) is 0. The zero-order valence-corrected chi connectivity index (χ0v) is 11.0. The van der Waals surface area contributed by atoms with E-state index in [1.54, 1.807) is 11.8 Å². The quantitative estimate of drug-likeness (QED) is 0.801. The molecule has 0 amide bonds. The number of benzene rings is 2. The van der Waals surface area contributed by atoms with E-state index in [9.17, 15) is 0 Å². The van der Waals surface area contributed by atoms with E-state index in [0.717, 1.165) is 10.6 Å². The predicted molar refractivity (Wildman–Crippen MR) is 75.5 cm³/mol. The molecule has 0 fully saturated rings. The van der Waals surface area contributed by atoms with E-state index in [1.807, 2.05) is 18.2 Å². The van der Waals surface area contributed by atoms with Gasteiger partial charge in [-0.1, -0.05) is 49.9 Å². The lowest BCUT2D eigenvalue weighted by Crippen LogP contribution is -1.88. The van der Waals surface area contributed by atoms with Crippen LogP contribution in [0.2, 0.25) is 0 Å². The summed E-state index contributed by atoms with van der Waals surface area (Å²) >= 11 is 1.71. The van der Waals surface area contributed by atoms with E-state index in [2.05, 4.69) is 44.2 Å². The van der Waals surface area contributed by atoms with Gasteiger partial charge in [0, 0.05) is 15.5 Å². The van der Waals surface area contributed by atoms with Crippen LogP contribution in [-0.4, -0.2) is 0 Å². The van der Waals surface area contributed by atoms with Gasteiger partial charge in [-0.15, -0.1) is 0 Å². The van der Waals surface area contributed by atoms with Gasteiger partial charge >= 0.3 is 0 Å². The van der Waals surface area contributed by atoms with Gasteiger partial charge in [0.2, 0.25) is 0 Å². The van der Waals surface area contributed by atoms with Gasteiger partial charge in [0.25, 0.3) is 0 Å². The molecule has 0 aromatic heterocycles. The normalized spacial score (nSPS) is 10.8. The van der Waals surface area contributed by atoms with Gasteiger partial charge in [0.05, 0.1) is 0 Å². The average molecular weight is 243 g/mol. The Morgan fingerprint density at radius 1 is 0.941 bits per heavy atom. The third-order valence-electron chi connectivity index (χ3n) is 2.69. The molecule has 0 aliphatic heterocycles. The summed E-state index contributed by atoms with van der Waals surface area (Å²) in [5.41, 5.74) is 8.13. The number of nitrogen functional groups attached to an aromatic ring is 1. The van der Waals surface area contributed by atoms with Crippen molar-refractivity contribution in [3.05, 3.63) is 54.1 Å². The fraction of sp³-hybridized carbons (Fsp3) is 0.200. The Morgan fingerprint density at radius 2 is 1.59 bits per heavy atom. The third kappa shape index (κ3) is 3.04. The molecule has 88 valence electrons. The Morgan fingerprint density at radius 3 is 2.18 bits per heavy atom. The Hall–Kier alpha value is -1.41. The van der Waals surface area contributed by atoms with E-state index < -0.39 is 0 Å². The molecule has 0 aliphatic carbocycles. The summed E-state index contributed by atoms with van der Waals surface area (Å²) in [5.74, 6) is 0.579. The minimum absolute atomic E-state index is 0.579. The molecule has 2 aromatic rings. The monoisotopic (exact) mass is 243 g/mol. The predicted octanol–water partition coefficient (Wildman–Crippen LogP) is 4.54. The molecule has 17 heavy (non-hydrogen) atoms. The lowest BCUT2D eigenvalue weighted by atomic mass is 10.0. The van der Waals surface area contributed by atoms with Crippen LogP contribution in [0.3, 0.4) is 0 Å². The van der Waals surface area contributed by atoms with E-state index in [4.69, 9.17) is 5.73 Å². The molecule has 1 nitrogen and oxygen atoms in total. The zero-order chi connectivity index (χ0) is 12.3. The molecule has 0 heterocycles. The van der Waals surface area contributed by atoms with Crippen LogP contribution < -0.4 is 5.73 Å². The molecule has 0 bridgehead atoms.